The standard InChI is InChI=1S/C22H18ClFN2O3S/c1-11-12(10-28-17-6-5-13(24)8-15(17)23)7-19(30-11)20-14(9-25)22(26)29-18-4-2-3-16(27)21(18)20/h5-8,20H,2-4,10,26H2,1H3/t20-/m1/s1. The van der Waals surface area contributed by atoms with Gasteiger partial charge < -0.3 is 15.2 Å². The maximum absolute atomic E-state index is 13.2. The molecule has 2 N–H and O–H groups in total. The fourth-order valence-electron chi connectivity index (χ4n) is 3.72. The molecule has 1 aliphatic carbocycles. The summed E-state index contributed by atoms with van der Waals surface area (Å²) in [5.41, 5.74) is 7.67. The first-order valence-electron chi connectivity index (χ1n) is 9.40. The van der Waals surface area contributed by atoms with Crippen LogP contribution < -0.4 is 10.5 Å². The summed E-state index contributed by atoms with van der Waals surface area (Å²) < 4.78 is 24.6. The molecule has 4 rings (SSSR count). The minimum Gasteiger partial charge on any atom is -0.487 e. The molecule has 2 heterocycles. The SMILES string of the molecule is Cc1sc([C@H]2C(C#N)=C(N)OC3=C2C(=O)CCC3)cc1COc1ccc(F)cc1Cl. The lowest BCUT2D eigenvalue weighted by Crippen LogP contribution is -2.27. The third-order valence-electron chi connectivity index (χ3n) is 5.21. The molecule has 1 atom stereocenters. The molecule has 0 saturated heterocycles. The van der Waals surface area contributed by atoms with Gasteiger partial charge in [0.05, 0.1) is 10.9 Å². The summed E-state index contributed by atoms with van der Waals surface area (Å²) in [6.45, 7) is 2.16. The molecule has 1 aromatic heterocycles. The summed E-state index contributed by atoms with van der Waals surface area (Å²) in [6.07, 6.45) is 1.77. The second-order valence-corrected chi connectivity index (χ2v) is 8.83. The lowest BCUT2D eigenvalue weighted by atomic mass is 9.80. The molecule has 0 fully saturated rings. The van der Waals surface area contributed by atoms with Crippen LogP contribution in [-0.2, 0) is 16.1 Å². The maximum atomic E-state index is 13.2. The van der Waals surface area contributed by atoms with Crippen molar-refractivity contribution in [1.82, 2.24) is 0 Å². The summed E-state index contributed by atoms with van der Waals surface area (Å²) >= 11 is 7.52. The zero-order valence-corrected chi connectivity index (χ0v) is 17.7. The molecule has 0 unspecified atom stereocenters. The molecule has 2 aromatic rings. The Hall–Kier alpha value is -2.82. The van der Waals surface area contributed by atoms with Gasteiger partial charge in [-0.1, -0.05) is 11.6 Å². The largest absolute Gasteiger partial charge is 0.487 e. The van der Waals surface area contributed by atoms with E-state index in [4.69, 9.17) is 26.8 Å². The normalized spacial score (nSPS) is 18.7. The monoisotopic (exact) mass is 444 g/mol. The minimum absolute atomic E-state index is 0.0107. The first-order valence-corrected chi connectivity index (χ1v) is 10.6. The average Bonchev–Trinajstić information content (AvgIpc) is 3.07. The number of allylic oxidation sites excluding steroid dienone is 3. The highest BCUT2D eigenvalue weighted by atomic mass is 35.5. The van der Waals surface area contributed by atoms with Crippen LogP contribution in [0.3, 0.4) is 0 Å². The third kappa shape index (κ3) is 3.69. The van der Waals surface area contributed by atoms with Gasteiger partial charge in [-0.15, -0.1) is 11.3 Å². The van der Waals surface area contributed by atoms with E-state index in [1.807, 2.05) is 13.0 Å². The second kappa shape index (κ2) is 8.13. The van der Waals surface area contributed by atoms with Gasteiger partial charge in [0, 0.05) is 33.7 Å². The molecule has 0 saturated carbocycles. The molecule has 0 radical (unpaired) electrons. The van der Waals surface area contributed by atoms with Gasteiger partial charge in [-0.25, -0.2) is 4.39 Å². The molecule has 30 heavy (non-hydrogen) atoms. The number of nitriles is 1. The van der Waals surface area contributed by atoms with Crippen LogP contribution in [0.25, 0.3) is 0 Å². The molecule has 8 heteroatoms. The van der Waals surface area contributed by atoms with Crippen molar-refractivity contribution in [3.8, 4) is 11.8 Å². The van der Waals surface area contributed by atoms with Gasteiger partial charge in [0.1, 0.15) is 35.6 Å². The lowest BCUT2D eigenvalue weighted by molar-refractivity contribution is -0.116. The van der Waals surface area contributed by atoms with Crippen molar-refractivity contribution in [2.45, 2.75) is 38.7 Å². The van der Waals surface area contributed by atoms with E-state index < -0.39 is 11.7 Å². The van der Waals surface area contributed by atoms with E-state index in [2.05, 4.69) is 6.07 Å². The number of aryl methyl sites for hydroxylation is 1. The van der Waals surface area contributed by atoms with E-state index in [1.165, 1.54) is 29.5 Å². The van der Waals surface area contributed by atoms with Crippen molar-refractivity contribution in [1.29, 1.82) is 5.26 Å². The summed E-state index contributed by atoms with van der Waals surface area (Å²) in [5.74, 6) is 0.0237. The number of ketones is 1. The highest BCUT2D eigenvalue weighted by Gasteiger charge is 2.39. The number of carbonyl (C=O) groups is 1. The number of nitrogens with two attached hydrogens (primary N) is 1. The molecule has 0 amide bonds. The van der Waals surface area contributed by atoms with Crippen molar-refractivity contribution in [2.24, 2.45) is 5.73 Å². The first kappa shape index (κ1) is 20.5. The maximum Gasteiger partial charge on any atom is 0.205 e. The molecular weight excluding hydrogens is 427 g/mol. The van der Waals surface area contributed by atoms with Crippen LogP contribution in [0.4, 0.5) is 4.39 Å². The summed E-state index contributed by atoms with van der Waals surface area (Å²) in [4.78, 5) is 14.5. The molecule has 154 valence electrons. The summed E-state index contributed by atoms with van der Waals surface area (Å²) in [5, 5.41) is 9.88. The molecule has 2 aliphatic rings. The van der Waals surface area contributed by atoms with Gasteiger partial charge in [-0.2, -0.15) is 5.26 Å². The quantitative estimate of drug-likeness (QED) is 0.696. The van der Waals surface area contributed by atoms with Crippen LogP contribution in [0.5, 0.6) is 5.75 Å². The number of halogens is 2. The number of rotatable bonds is 4. The zero-order valence-electron chi connectivity index (χ0n) is 16.1. The Labute approximate surface area is 182 Å². The fourth-order valence-corrected chi connectivity index (χ4v) is 5.10. The Kier molecular flexibility index (Phi) is 5.54. The predicted octanol–water partition coefficient (Wildman–Crippen LogP) is 5.24. The number of benzene rings is 1. The van der Waals surface area contributed by atoms with E-state index in [0.29, 0.717) is 36.3 Å². The summed E-state index contributed by atoms with van der Waals surface area (Å²) in [7, 11) is 0. The first-order chi connectivity index (χ1) is 14.4. The number of nitrogens with zero attached hydrogens (tertiary/aromatic N) is 1. The Morgan fingerprint density at radius 3 is 2.93 bits per heavy atom. The molecule has 1 aliphatic heterocycles. The number of hydrogen-bond donors (Lipinski definition) is 1. The van der Waals surface area contributed by atoms with Crippen LogP contribution in [0.2, 0.25) is 5.02 Å². The van der Waals surface area contributed by atoms with E-state index in [1.54, 1.807) is 0 Å². The van der Waals surface area contributed by atoms with Crippen LogP contribution >= 0.6 is 22.9 Å². The van der Waals surface area contributed by atoms with Gasteiger partial charge in [0.15, 0.2) is 5.78 Å². The van der Waals surface area contributed by atoms with Crippen LogP contribution in [0.15, 0.2) is 47.1 Å². The van der Waals surface area contributed by atoms with Crippen molar-refractivity contribution in [3.05, 3.63) is 73.2 Å². The van der Waals surface area contributed by atoms with Gasteiger partial charge in [0.2, 0.25) is 5.88 Å². The Balaban J connectivity index is 1.66. The average molecular weight is 445 g/mol. The second-order valence-electron chi connectivity index (χ2n) is 7.13. The topological polar surface area (TPSA) is 85.3 Å². The zero-order chi connectivity index (χ0) is 21.4. The van der Waals surface area contributed by atoms with Crippen molar-refractivity contribution in [3.63, 3.8) is 0 Å². The third-order valence-corrected chi connectivity index (χ3v) is 6.66. The number of ether oxygens (including phenoxy) is 2. The fraction of sp³-hybridized carbons (Fsp3) is 0.273. The van der Waals surface area contributed by atoms with Gasteiger partial charge >= 0.3 is 0 Å². The van der Waals surface area contributed by atoms with Crippen molar-refractivity contribution >= 4 is 28.7 Å². The molecular formula is C22H18ClFN2O3S. The van der Waals surface area contributed by atoms with E-state index in [0.717, 1.165) is 15.3 Å². The highest BCUT2D eigenvalue weighted by Crippen LogP contribution is 2.46. The molecule has 5 nitrogen and oxygen atoms in total. The Morgan fingerprint density at radius 1 is 1.40 bits per heavy atom. The minimum atomic E-state index is -0.529. The number of hydrogen-bond acceptors (Lipinski definition) is 6. The van der Waals surface area contributed by atoms with E-state index >= 15 is 0 Å². The molecule has 0 spiro atoms. The van der Waals surface area contributed by atoms with E-state index in [-0.39, 0.29) is 28.9 Å². The van der Waals surface area contributed by atoms with Gasteiger partial charge in [0.25, 0.3) is 0 Å². The number of carbonyl (C=O) groups excluding carboxylic acids is 1. The van der Waals surface area contributed by atoms with Crippen LogP contribution in [0.1, 0.15) is 40.5 Å². The lowest BCUT2D eigenvalue weighted by Gasteiger charge is -2.30. The van der Waals surface area contributed by atoms with E-state index in [9.17, 15) is 14.4 Å². The van der Waals surface area contributed by atoms with Crippen LogP contribution in [0, 0.1) is 24.1 Å². The van der Waals surface area contributed by atoms with Crippen molar-refractivity contribution in [2.75, 3.05) is 0 Å². The number of thiophene rings is 1. The number of Topliss-reactive ketones (excluding diaryl/α,β-unsaturated/α-hetero) is 1. The molecule has 1 aromatic carbocycles. The predicted molar refractivity (Wildman–Crippen MR) is 111 cm³/mol. The Morgan fingerprint density at radius 2 is 2.20 bits per heavy atom. The van der Waals surface area contributed by atoms with Gasteiger partial charge in [-0.05, 0) is 37.6 Å². The summed E-state index contributed by atoms with van der Waals surface area (Å²) in [6, 6.07) is 8.00. The highest BCUT2D eigenvalue weighted by molar-refractivity contribution is 7.12. The van der Waals surface area contributed by atoms with Crippen molar-refractivity contribution < 1.29 is 18.7 Å². The van der Waals surface area contributed by atoms with Gasteiger partial charge in [-0.3, -0.25) is 4.79 Å². The molecule has 0 bridgehead atoms. The van der Waals surface area contributed by atoms with Crippen LogP contribution in [-0.4, -0.2) is 5.78 Å². The smallest absolute Gasteiger partial charge is 0.205 e. The Bertz CT molecular complexity index is 1150.